The van der Waals surface area contributed by atoms with Crippen LogP contribution < -0.4 is 14.2 Å². The monoisotopic (exact) mass is 224 g/mol. The van der Waals surface area contributed by atoms with Crippen molar-refractivity contribution in [2.75, 3.05) is 19.7 Å². The summed E-state index contributed by atoms with van der Waals surface area (Å²) in [5.74, 6) is 2.38. The summed E-state index contributed by atoms with van der Waals surface area (Å²) < 4.78 is 16.2. The Morgan fingerprint density at radius 2 is 2.40 bits per heavy atom. The second-order valence-electron chi connectivity index (χ2n) is 2.93. The molecule has 1 aromatic rings. The number of rotatable bonds is 4. The first kappa shape index (κ1) is 10.2. The highest BCUT2D eigenvalue weighted by atomic mass is 32.2. The molecule has 0 amide bonds. The van der Waals surface area contributed by atoms with Crippen molar-refractivity contribution in [2.45, 2.75) is 4.90 Å². The third-order valence-electron chi connectivity index (χ3n) is 2.02. The van der Waals surface area contributed by atoms with Gasteiger partial charge in [0.2, 0.25) is 6.79 Å². The minimum Gasteiger partial charge on any atom is -0.488 e. The second-order valence-corrected chi connectivity index (χ2v) is 3.75. The summed E-state index contributed by atoms with van der Waals surface area (Å²) in [7, 11) is 0. The molecule has 0 radical (unpaired) electrons. The summed E-state index contributed by atoms with van der Waals surface area (Å²) in [6.07, 6.45) is 3.70. The normalized spacial score (nSPS) is 12.6. The van der Waals surface area contributed by atoms with Crippen LogP contribution in [-0.2, 0) is 0 Å². The zero-order valence-corrected chi connectivity index (χ0v) is 9.30. The molecule has 0 saturated heterocycles. The fourth-order valence-electron chi connectivity index (χ4n) is 1.38. The summed E-state index contributed by atoms with van der Waals surface area (Å²) in [6, 6.07) is 3.75. The molecule has 15 heavy (non-hydrogen) atoms. The molecule has 3 nitrogen and oxygen atoms in total. The number of fused-ring (bicyclic) bond motifs is 1. The molecule has 1 aliphatic rings. The Balaban J connectivity index is 2.34. The van der Waals surface area contributed by atoms with E-state index in [1.807, 2.05) is 18.4 Å². The predicted octanol–water partition coefficient (Wildman–Crippen LogP) is 2.70. The van der Waals surface area contributed by atoms with Gasteiger partial charge in [-0.3, -0.25) is 0 Å². The SMILES string of the molecule is C=CCOc1ccc2c(c1SC)OCO2. The van der Waals surface area contributed by atoms with Gasteiger partial charge < -0.3 is 14.2 Å². The summed E-state index contributed by atoms with van der Waals surface area (Å²) >= 11 is 1.59. The Hall–Kier alpha value is -1.29. The van der Waals surface area contributed by atoms with E-state index in [1.54, 1.807) is 17.8 Å². The van der Waals surface area contributed by atoms with E-state index in [2.05, 4.69) is 6.58 Å². The summed E-state index contributed by atoms with van der Waals surface area (Å²) in [4.78, 5) is 0.979. The number of thioether (sulfide) groups is 1. The molecule has 0 bridgehead atoms. The number of hydrogen-bond donors (Lipinski definition) is 0. The van der Waals surface area contributed by atoms with Gasteiger partial charge >= 0.3 is 0 Å². The van der Waals surface area contributed by atoms with Crippen LogP contribution in [0.4, 0.5) is 0 Å². The van der Waals surface area contributed by atoms with Crippen LogP contribution in [0.15, 0.2) is 29.7 Å². The van der Waals surface area contributed by atoms with Crippen LogP contribution in [0.5, 0.6) is 17.2 Å². The van der Waals surface area contributed by atoms with Gasteiger partial charge in [-0.15, -0.1) is 11.8 Å². The third kappa shape index (κ3) is 1.90. The van der Waals surface area contributed by atoms with Crippen LogP contribution in [-0.4, -0.2) is 19.7 Å². The van der Waals surface area contributed by atoms with Gasteiger partial charge in [0, 0.05) is 0 Å². The molecule has 0 saturated carbocycles. The lowest BCUT2D eigenvalue weighted by Gasteiger charge is -2.10. The van der Waals surface area contributed by atoms with Crippen molar-refractivity contribution in [3.8, 4) is 17.2 Å². The molecule has 1 aromatic carbocycles. The van der Waals surface area contributed by atoms with Gasteiger partial charge in [-0.05, 0) is 18.4 Å². The molecule has 0 N–H and O–H groups in total. The molecule has 0 aromatic heterocycles. The van der Waals surface area contributed by atoms with Gasteiger partial charge in [0.15, 0.2) is 11.5 Å². The zero-order valence-electron chi connectivity index (χ0n) is 8.49. The predicted molar refractivity (Wildman–Crippen MR) is 60.0 cm³/mol. The fraction of sp³-hybridized carbons (Fsp3) is 0.273. The fourth-order valence-corrected chi connectivity index (χ4v) is 2.06. The topological polar surface area (TPSA) is 27.7 Å². The lowest BCUT2D eigenvalue weighted by molar-refractivity contribution is 0.172. The van der Waals surface area contributed by atoms with Crippen LogP contribution in [0, 0.1) is 0 Å². The van der Waals surface area contributed by atoms with E-state index in [4.69, 9.17) is 14.2 Å². The van der Waals surface area contributed by atoms with Gasteiger partial charge in [-0.2, -0.15) is 0 Å². The highest BCUT2D eigenvalue weighted by Crippen LogP contribution is 2.45. The molecule has 4 heteroatoms. The van der Waals surface area contributed by atoms with Crippen molar-refractivity contribution in [1.82, 2.24) is 0 Å². The highest BCUT2D eigenvalue weighted by Gasteiger charge is 2.20. The molecular weight excluding hydrogens is 212 g/mol. The Bertz CT molecular complexity index is 376. The molecule has 0 fully saturated rings. The van der Waals surface area contributed by atoms with Crippen molar-refractivity contribution < 1.29 is 14.2 Å². The van der Waals surface area contributed by atoms with Crippen LogP contribution in [0.25, 0.3) is 0 Å². The largest absolute Gasteiger partial charge is 0.488 e. The molecule has 2 rings (SSSR count). The summed E-state index contributed by atoms with van der Waals surface area (Å²) in [5, 5.41) is 0. The lowest BCUT2D eigenvalue weighted by atomic mass is 10.3. The highest BCUT2D eigenvalue weighted by molar-refractivity contribution is 7.98. The Morgan fingerprint density at radius 3 is 3.13 bits per heavy atom. The van der Waals surface area contributed by atoms with Gasteiger partial charge in [0.1, 0.15) is 12.4 Å². The second kappa shape index (κ2) is 4.49. The van der Waals surface area contributed by atoms with E-state index in [0.29, 0.717) is 6.61 Å². The first-order chi connectivity index (χ1) is 7.36. The molecule has 1 aliphatic heterocycles. The quantitative estimate of drug-likeness (QED) is 0.580. The zero-order chi connectivity index (χ0) is 10.7. The molecule has 0 atom stereocenters. The molecular formula is C11H12O3S. The summed E-state index contributed by atoms with van der Waals surface area (Å²) in [6.45, 7) is 4.39. The summed E-state index contributed by atoms with van der Waals surface area (Å²) in [5.41, 5.74) is 0. The minimum absolute atomic E-state index is 0.286. The molecule has 0 aliphatic carbocycles. The van der Waals surface area contributed by atoms with E-state index in [-0.39, 0.29) is 6.79 Å². The molecule has 1 heterocycles. The van der Waals surface area contributed by atoms with E-state index in [0.717, 1.165) is 22.1 Å². The average Bonchev–Trinajstić information content (AvgIpc) is 2.73. The van der Waals surface area contributed by atoms with Crippen LogP contribution in [0.1, 0.15) is 0 Å². The van der Waals surface area contributed by atoms with Crippen LogP contribution >= 0.6 is 11.8 Å². The first-order valence-electron chi connectivity index (χ1n) is 4.57. The minimum atomic E-state index is 0.286. The third-order valence-corrected chi connectivity index (χ3v) is 2.81. The molecule has 0 spiro atoms. The van der Waals surface area contributed by atoms with E-state index < -0.39 is 0 Å². The lowest BCUT2D eigenvalue weighted by Crippen LogP contribution is -1.95. The molecule has 80 valence electrons. The smallest absolute Gasteiger partial charge is 0.231 e. The molecule has 0 unspecified atom stereocenters. The average molecular weight is 224 g/mol. The van der Waals surface area contributed by atoms with E-state index in [1.165, 1.54) is 0 Å². The van der Waals surface area contributed by atoms with Crippen molar-refractivity contribution in [3.05, 3.63) is 24.8 Å². The maximum Gasteiger partial charge on any atom is 0.231 e. The van der Waals surface area contributed by atoms with Crippen molar-refractivity contribution >= 4 is 11.8 Å². The maximum atomic E-state index is 5.53. The van der Waals surface area contributed by atoms with Gasteiger partial charge in [-0.1, -0.05) is 12.7 Å². The Morgan fingerprint density at radius 1 is 1.53 bits per heavy atom. The van der Waals surface area contributed by atoms with Crippen LogP contribution in [0.2, 0.25) is 0 Å². The van der Waals surface area contributed by atoms with Crippen molar-refractivity contribution in [2.24, 2.45) is 0 Å². The Labute approximate surface area is 93.0 Å². The Kier molecular flexibility index (Phi) is 3.06. The number of hydrogen-bond acceptors (Lipinski definition) is 4. The van der Waals surface area contributed by atoms with E-state index >= 15 is 0 Å². The maximum absolute atomic E-state index is 5.53. The number of ether oxygens (including phenoxy) is 3. The van der Waals surface area contributed by atoms with Gasteiger partial charge in [0.05, 0.1) is 4.90 Å². The van der Waals surface area contributed by atoms with Gasteiger partial charge in [0.25, 0.3) is 0 Å². The standard InChI is InChI=1S/C11H12O3S/c1-3-6-12-9-5-4-8-10(11(9)15-2)14-7-13-8/h3-5H,1,6-7H2,2H3. The van der Waals surface area contributed by atoms with E-state index in [9.17, 15) is 0 Å². The van der Waals surface area contributed by atoms with Crippen molar-refractivity contribution in [3.63, 3.8) is 0 Å². The first-order valence-corrected chi connectivity index (χ1v) is 5.79. The van der Waals surface area contributed by atoms with Gasteiger partial charge in [-0.25, -0.2) is 0 Å². The number of benzene rings is 1. The van der Waals surface area contributed by atoms with Crippen molar-refractivity contribution in [1.29, 1.82) is 0 Å². The van der Waals surface area contributed by atoms with Crippen LogP contribution in [0.3, 0.4) is 0 Å².